The van der Waals surface area contributed by atoms with Gasteiger partial charge in [0.25, 0.3) is 0 Å². The van der Waals surface area contributed by atoms with Crippen molar-refractivity contribution in [1.29, 1.82) is 0 Å². The van der Waals surface area contributed by atoms with E-state index in [0.717, 1.165) is 23.1 Å². The predicted molar refractivity (Wildman–Crippen MR) is 63.2 cm³/mol. The Balaban J connectivity index is 1.82. The van der Waals surface area contributed by atoms with Gasteiger partial charge >= 0.3 is 0 Å². The quantitative estimate of drug-likeness (QED) is 0.847. The van der Waals surface area contributed by atoms with Crippen LogP contribution in [0.5, 0.6) is 11.5 Å². The Morgan fingerprint density at radius 1 is 1.25 bits per heavy atom. The Bertz CT molecular complexity index is 388. The van der Waals surface area contributed by atoms with E-state index < -0.39 is 0 Å². The van der Waals surface area contributed by atoms with Crippen molar-refractivity contribution in [3.8, 4) is 11.5 Å². The van der Waals surface area contributed by atoms with Gasteiger partial charge in [0.05, 0.1) is 5.69 Å². The van der Waals surface area contributed by atoms with Crippen LogP contribution in [0.15, 0.2) is 18.2 Å². The number of hydrogen-bond donors (Lipinski definition) is 1. The van der Waals surface area contributed by atoms with Crippen molar-refractivity contribution < 1.29 is 9.47 Å². The van der Waals surface area contributed by atoms with E-state index in [4.69, 9.17) is 9.47 Å². The van der Waals surface area contributed by atoms with Gasteiger partial charge in [0, 0.05) is 6.04 Å². The molecule has 0 bridgehead atoms. The standard InChI is InChI=1S/C13H17NO2/c1-9(10-5-6-10)14-11-3-2-4-12-13(11)16-8-7-15-12/h2-4,9-10,14H,5-8H2,1H3. The lowest BCUT2D eigenvalue weighted by Gasteiger charge is -2.23. The van der Waals surface area contributed by atoms with E-state index in [9.17, 15) is 0 Å². The molecule has 1 heterocycles. The van der Waals surface area contributed by atoms with Crippen molar-refractivity contribution in [1.82, 2.24) is 0 Å². The first-order valence-electron chi connectivity index (χ1n) is 6.00. The van der Waals surface area contributed by atoms with Crippen LogP contribution in [0.1, 0.15) is 19.8 Å². The average molecular weight is 219 g/mol. The highest BCUT2D eigenvalue weighted by molar-refractivity contribution is 5.64. The largest absolute Gasteiger partial charge is 0.486 e. The maximum absolute atomic E-state index is 5.67. The van der Waals surface area contributed by atoms with Gasteiger partial charge < -0.3 is 14.8 Å². The molecule has 2 aliphatic rings. The molecule has 1 unspecified atom stereocenters. The van der Waals surface area contributed by atoms with E-state index >= 15 is 0 Å². The lowest BCUT2D eigenvalue weighted by Crippen LogP contribution is -2.21. The molecule has 0 amide bonds. The fraction of sp³-hybridized carbons (Fsp3) is 0.538. The number of fused-ring (bicyclic) bond motifs is 1. The zero-order valence-electron chi connectivity index (χ0n) is 9.53. The minimum atomic E-state index is 0.525. The highest BCUT2D eigenvalue weighted by Crippen LogP contribution is 2.40. The van der Waals surface area contributed by atoms with Gasteiger partial charge in [-0.1, -0.05) is 6.07 Å². The van der Waals surface area contributed by atoms with Gasteiger partial charge in [0.1, 0.15) is 13.2 Å². The van der Waals surface area contributed by atoms with Crippen molar-refractivity contribution in [2.75, 3.05) is 18.5 Å². The van der Waals surface area contributed by atoms with Crippen LogP contribution in [0.25, 0.3) is 0 Å². The summed E-state index contributed by atoms with van der Waals surface area (Å²) in [7, 11) is 0. The lowest BCUT2D eigenvalue weighted by atomic mass is 10.2. The van der Waals surface area contributed by atoms with Gasteiger partial charge in [0.15, 0.2) is 11.5 Å². The Morgan fingerprint density at radius 3 is 2.88 bits per heavy atom. The molecule has 1 aliphatic carbocycles. The molecule has 1 saturated carbocycles. The van der Waals surface area contributed by atoms with Gasteiger partial charge in [-0.3, -0.25) is 0 Å². The number of nitrogens with one attached hydrogen (secondary N) is 1. The number of benzene rings is 1. The molecule has 1 atom stereocenters. The van der Waals surface area contributed by atoms with Crippen LogP contribution >= 0.6 is 0 Å². The number of rotatable bonds is 3. The molecule has 86 valence electrons. The first-order chi connectivity index (χ1) is 7.84. The minimum Gasteiger partial charge on any atom is -0.486 e. The Labute approximate surface area is 95.8 Å². The molecular weight excluding hydrogens is 202 g/mol. The lowest BCUT2D eigenvalue weighted by molar-refractivity contribution is 0.172. The third-order valence-electron chi connectivity index (χ3n) is 3.28. The van der Waals surface area contributed by atoms with Crippen molar-refractivity contribution >= 4 is 5.69 Å². The Hall–Kier alpha value is -1.38. The van der Waals surface area contributed by atoms with Gasteiger partial charge in [-0.15, -0.1) is 0 Å². The van der Waals surface area contributed by atoms with Crippen molar-refractivity contribution in [2.45, 2.75) is 25.8 Å². The van der Waals surface area contributed by atoms with E-state index in [0.29, 0.717) is 19.3 Å². The van der Waals surface area contributed by atoms with Crippen LogP contribution < -0.4 is 14.8 Å². The molecule has 0 saturated heterocycles. The number of hydrogen-bond acceptors (Lipinski definition) is 3. The zero-order chi connectivity index (χ0) is 11.0. The molecule has 1 aromatic rings. The van der Waals surface area contributed by atoms with Crippen LogP contribution in [0, 0.1) is 5.92 Å². The molecule has 3 nitrogen and oxygen atoms in total. The molecule has 1 fully saturated rings. The van der Waals surface area contributed by atoms with Gasteiger partial charge in [-0.2, -0.15) is 0 Å². The summed E-state index contributed by atoms with van der Waals surface area (Å²) >= 11 is 0. The Morgan fingerprint density at radius 2 is 2.06 bits per heavy atom. The number of para-hydroxylation sites is 1. The highest BCUT2D eigenvalue weighted by atomic mass is 16.6. The van der Waals surface area contributed by atoms with Crippen molar-refractivity contribution in [3.63, 3.8) is 0 Å². The minimum absolute atomic E-state index is 0.525. The maximum atomic E-state index is 5.67. The molecule has 3 rings (SSSR count). The SMILES string of the molecule is CC(Nc1cccc2c1OCCO2)C1CC1. The van der Waals surface area contributed by atoms with E-state index in [-0.39, 0.29) is 0 Å². The molecule has 1 aliphatic heterocycles. The molecule has 1 N–H and O–H groups in total. The summed E-state index contributed by atoms with van der Waals surface area (Å²) < 4.78 is 11.2. The van der Waals surface area contributed by atoms with E-state index in [2.05, 4.69) is 18.3 Å². The topological polar surface area (TPSA) is 30.5 Å². The Kier molecular flexibility index (Phi) is 2.39. The summed E-state index contributed by atoms with van der Waals surface area (Å²) in [6.07, 6.45) is 2.70. The summed E-state index contributed by atoms with van der Waals surface area (Å²) in [5.74, 6) is 2.57. The predicted octanol–water partition coefficient (Wildman–Crippen LogP) is 2.67. The molecule has 0 aromatic heterocycles. The second-order valence-corrected chi connectivity index (χ2v) is 4.60. The highest BCUT2D eigenvalue weighted by Gasteiger charge is 2.28. The van der Waals surface area contributed by atoms with Crippen molar-refractivity contribution in [2.24, 2.45) is 5.92 Å². The second-order valence-electron chi connectivity index (χ2n) is 4.60. The molecule has 0 spiro atoms. The van der Waals surface area contributed by atoms with Gasteiger partial charge in [-0.05, 0) is 37.8 Å². The van der Waals surface area contributed by atoms with Gasteiger partial charge in [0.2, 0.25) is 0 Å². The van der Waals surface area contributed by atoms with Crippen LogP contribution in [-0.4, -0.2) is 19.3 Å². The van der Waals surface area contributed by atoms with E-state index in [1.54, 1.807) is 0 Å². The van der Waals surface area contributed by atoms with Crippen LogP contribution in [-0.2, 0) is 0 Å². The molecule has 1 aromatic carbocycles. The van der Waals surface area contributed by atoms with E-state index in [1.807, 2.05) is 12.1 Å². The molecule has 16 heavy (non-hydrogen) atoms. The fourth-order valence-electron chi connectivity index (χ4n) is 2.15. The first kappa shape index (κ1) is 9.82. The monoisotopic (exact) mass is 219 g/mol. The molecule has 0 radical (unpaired) electrons. The average Bonchev–Trinajstić information content (AvgIpc) is 3.13. The maximum Gasteiger partial charge on any atom is 0.184 e. The first-order valence-corrected chi connectivity index (χ1v) is 6.00. The fourth-order valence-corrected chi connectivity index (χ4v) is 2.15. The molecular formula is C13H17NO2. The summed E-state index contributed by atoms with van der Waals surface area (Å²) in [6, 6.07) is 6.56. The summed E-state index contributed by atoms with van der Waals surface area (Å²) in [5, 5.41) is 3.53. The van der Waals surface area contributed by atoms with Crippen LogP contribution in [0.2, 0.25) is 0 Å². The smallest absolute Gasteiger partial charge is 0.184 e. The van der Waals surface area contributed by atoms with Gasteiger partial charge in [-0.25, -0.2) is 0 Å². The molecule has 3 heteroatoms. The third kappa shape index (κ3) is 1.82. The summed E-state index contributed by atoms with van der Waals surface area (Å²) in [5.41, 5.74) is 1.07. The summed E-state index contributed by atoms with van der Waals surface area (Å²) in [6.45, 7) is 3.53. The van der Waals surface area contributed by atoms with Crippen LogP contribution in [0.4, 0.5) is 5.69 Å². The van der Waals surface area contributed by atoms with Crippen LogP contribution in [0.3, 0.4) is 0 Å². The number of anilines is 1. The second kappa shape index (κ2) is 3.89. The normalized spacial score (nSPS) is 20.3. The van der Waals surface area contributed by atoms with Crippen molar-refractivity contribution in [3.05, 3.63) is 18.2 Å². The third-order valence-corrected chi connectivity index (χ3v) is 3.28. The summed E-state index contributed by atoms with van der Waals surface area (Å²) in [4.78, 5) is 0. The number of ether oxygens (including phenoxy) is 2. The van der Waals surface area contributed by atoms with E-state index in [1.165, 1.54) is 12.8 Å². The zero-order valence-corrected chi connectivity index (χ0v) is 9.53.